The van der Waals surface area contributed by atoms with E-state index in [9.17, 15) is 9.18 Å². The van der Waals surface area contributed by atoms with Crippen molar-refractivity contribution >= 4 is 39.7 Å². The van der Waals surface area contributed by atoms with Gasteiger partial charge in [0.25, 0.3) is 11.5 Å². The molecule has 0 spiro atoms. The van der Waals surface area contributed by atoms with Crippen molar-refractivity contribution in [2.24, 2.45) is 0 Å². The van der Waals surface area contributed by atoms with Gasteiger partial charge >= 0.3 is 0 Å². The summed E-state index contributed by atoms with van der Waals surface area (Å²) < 4.78 is 18.0. The number of nitrogens with zero attached hydrogens (tertiary/aromatic N) is 2. The van der Waals surface area contributed by atoms with Gasteiger partial charge in [0.1, 0.15) is 0 Å². The number of rotatable bonds is 4. The Bertz CT molecular complexity index is 672. The van der Waals surface area contributed by atoms with Crippen LogP contribution in [0.3, 0.4) is 0 Å². The molecule has 1 fully saturated rings. The predicted molar refractivity (Wildman–Crippen MR) is 90.0 cm³/mol. The van der Waals surface area contributed by atoms with E-state index >= 15 is 0 Å². The van der Waals surface area contributed by atoms with Gasteiger partial charge in [-0.3, -0.25) is 4.79 Å². The second kappa shape index (κ2) is 7.25. The van der Waals surface area contributed by atoms with E-state index in [-0.39, 0.29) is 0 Å². The molecule has 1 aromatic carbocycles. The van der Waals surface area contributed by atoms with E-state index in [1.54, 1.807) is 23.5 Å². The van der Waals surface area contributed by atoms with Gasteiger partial charge in [-0.25, -0.2) is 9.37 Å². The molecular formula is C15H15ClFN3O2S. The molecule has 5 nitrogen and oxygen atoms in total. The largest absolute Gasteiger partial charge is 0.378 e. The summed E-state index contributed by atoms with van der Waals surface area (Å²) in [6.07, 6.45) is 0. The molecule has 0 saturated carbocycles. The molecular weight excluding hydrogens is 341 g/mol. The molecule has 1 N–H and O–H groups in total. The monoisotopic (exact) mass is 355 g/mol. The molecule has 3 rings (SSSR count). The van der Waals surface area contributed by atoms with Crippen LogP contribution in [0.15, 0.2) is 29.6 Å². The highest BCUT2D eigenvalue weighted by Gasteiger charge is 2.16. The van der Waals surface area contributed by atoms with E-state index in [0.29, 0.717) is 5.69 Å². The number of amides is 1. The zero-order chi connectivity index (χ0) is 16.2. The summed E-state index contributed by atoms with van der Waals surface area (Å²) in [4.78, 5) is 18.0. The number of hydrogen-bond donors (Lipinski definition) is 1. The molecule has 1 unspecified atom stereocenters. The average molecular weight is 356 g/mol. The lowest BCUT2D eigenvalue weighted by molar-refractivity contribution is -0.118. The normalized spacial score (nSPS) is 16.2. The van der Waals surface area contributed by atoms with E-state index in [4.69, 9.17) is 16.3 Å². The highest BCUT2D eigenvalue weighted by Crippen LogP contribution is 2.28. The van der Waals surface area contributed by atoms with Crippen molar-refractivity contribution in [2.75, 3.05) is 36.5 Å². The SMILES string of the molecule is O=C(Nc1ccc(-c2csc(N3CCOCC3)n2)cc1)C(F)Cl. The Balaban J connectivity index is 1.70. The van der Waals surface area contributed by atoms with E-state index in [2.05, 4.69) is 15.2 Å². The van der Waals surface area contributed by atoms with Gasteiger partial charge in [-0.15, -0.1) is 11.3 Å². The van der Waals surface area contributed by atoms with Crippen LogP contribution in [0, 0.1) is 0 Å². The Labute approximate surface area is 142 Å². The summed E-state index contributed by atoms with van der Waals surface area (Å²) in [5.74, 6) is -0.873. The summed E-state index contributed by atoms with van der Waals surface area (Å²) >= 11 is 6.67. The average Bonchev–Trinajstić information content (AvgIpc) is 3.06. The summed E-state index contributed by atoms with van der Waals surface area (Å²) in [6.45, 7) is 3.14. The third kappa shape index (κ3) is 3.99. The first-order valence-electron chi connectivity index (χ1n) is 7.11. The zero-order valence-electron chi connectivity index (χ0n) is 12.2. The van der Waals surface area contributed by atoms with Gasteiger partial charge in [0.15, 0.2) is 5.13 Å². The van der Waals surface area contributed by atoms with E-state index < -0.39 is 11.5 Å². The number of carbonyl (C=O) groups is 1. The highest BCUT2D eigenvalue weighted by molar-refractivity contribution is 7.14. The quantitative estimate of drug-likeness (QED) is 0.856. The minimum atomic E-state index is -2.05. The van der Waals surface area contributed by atoms with Gasteiger partial charge in [-0.1, -0.05) is 23.7 Å². The first kappa shape index (κ1) is 16.2. The number of morpholine rings is 1. The molecule has 1 saturated heterocycles. The Morgan fingerprint density at radius 2 is 2.04 bits per heavy atom. The smallest absolute Gasteiger partial charge is 0.274 e. The Hall–Kier alpha value is -1.70. The second-order valence-electron chi connectivity index (χ2n) is 4.98. The first-order chi connectivity index (χ1) is 11.1. The number of aromatic nitrogens is 1. The molecule has 1 aliphatic heterocycles. The van der Waals surface area contributed by atoms with Crippen LogP contribution in [0.5, 0.6) is 0 Å². The van der Waals surface area contributed by atoms with E-state index in [1.807, 2.05) is 17.5 Å². The number of anilines is 2. The maximum atomic E-state index is 12.6. The third-order valence-corrected chi connectivity index (χ3v) is 4.52. The van der Waals surface area contributed by atoms with Crippen LogP contribution in [0.25, 0.3) is 11.3 Å². The van der Waals surface area contributed by atoms with Gasteiger partial charge in [-0.05, 0) is 12.1 Å². The van der Waals surface area contributed by atoms with Crippen molar-refractivity contribution < 1.29 is 13.9 Å². The van der Waals surface area contributed by atoms with Crippen molar-refractivity contribution in [2.45, 2.75) is 5.63 Å². The van der Waals surface area contributed by atoms with Gasteiger partial charge in [0.05, 0.1) is 18.9 Å². The molecule has 0 radical (unpaired) electrons. The van der Waals surface area contributed by atoms with Crippen LogP contribution in [0.1, 0.15) is 0 Å². The van der Waals surface area contributed by atoms with Gasteiger partial charge in [-0.2, -0.15) is 0 Å². The first-order valence-corrected chi connectivity index (χ1v) is 8.43. The number of alkyl halides is 2. The lowest BCUT2D eigenvalue weighted by atomic mass is 10.1. The lowest BCUT2D eigenvalue weighted by Gasteiger charge is -2.26. The Morgan fingerprint density at radius 1 is 1.35 bits per heavy atom. The number of thiazole rings is 1. The minimum absolute atomic E-state index is 0.491. The van der Waals surface area contributed by atoms with Crippen LogP contribution < -0.4 is 10.2 Å². The number of nitrogens with one attached hydrogen (secondary N) is 1. The maximum Gasteiger partial charge on any atom is 0.274 e. The molecule has 0 bridgehead atoms. The zero-order valence-corrected chi connectivity index (χ0v) is 13.7. The molecule has 23 heavy (non-hydrogen) atoms. The molecule has 122 valence electrons. The molecule has 1 amide bonds. The van der Waals surface area contributed by atoms with Crippen molar-refractivity contribution in [3.63, 3.8) is 0 Å². The van der Waals surface area contributed by atoms with Crippen LogP contribution in [0.2, 0.25) is 0 Å². The molecule has 0 aliphatic carbocycles. The van der Waals surface area contributed by atoms with Crippen LogP contribution in [-0.2, 0) is 9.53 Å². The van der Waals surface area contributed by atoms with Crippen molar-refractivity contribution in [1.82, 2.24) is 4.98 Å². The molecule has 2 aromatic rings. The van der Waals surface area contributed by atoms with Crippen molar-refractivity contribution in [3.8, 4) is 11.3 Å². The maximum absolute atomic E-state index is 12.6. The highest BCUT2D eigenvalue weighted by atomic mass is 35.5. The Morgan fingerprint density at radius 3 is 2.70 bits per heavy atom. The predicted octanol–water partition coefficient (Wildman–Crippen LogP) is 3.12. The second-order valence-corrected chi connectivity index (χ2v) is 6.20. The lowest BCUT2D eigenvalue weighted by Crippen LogP contribution is -2.36. The van der Waals surface area contributed by atoms with E-state index in [1.165, 1.54) is 0 Å². The van der Waals surface area contributed by atoms with Gasteiger partial charge < -0.3 is 15.0 Å². The number of carbonyl (C=O) groups excluding carboxylic acids is 1. The summed E-state index contributed by atoms with van der Waals surface area (Å²) in [5, 5.41) is 5.36. The van der Waals surface area contributed by atoms with Crippen LogP contribution in [-0.4, -0.2) is 42.8 Å². The topological polar surface area (TPSA) is 54.5 Å². The van der Waals surface area contributed by atoms with Gasteiger partial charge in [0, 0.05) is 29.7 Å². The molecule has 1 atom stereocenters. The summed E-state index contributed by atoms with van der Waals surface area (Å²) in [5.41, 5.74) is 0.242. The fraction of sp³-hybridized carbons (Fsp3) is 0.333. The van der Waals surface area contributed by atoms with Crippen molar-refractivity contribution in [1.29, 1.82) is 0 Å². The number of halogens is 2. The van der Waals surface area contributed by atoms with Crippen LogP contribution in [0.4, 0.5) is 15.2 Å². The molecule has 2 heterocycles. The molecule has 1 aliphatic rings. The third-order valence-electron chi connectivity index (χ3n) is 3.42. The summed E-state index contributed by atoms with van der Waals surface area (Å²) in [6, 6.07) is 7.05. The Kier molecular flexibility index (Phi) is 5.09. The summed E-state index contributed by atoms with van der Waals surface area (Å²) in [7, 11) is 0. The number of ether oxygens (including phenoxy) is 1. The minimum Gasteiger partial charge on any atom is -0.378 e. The molecule has 8 heteroatoms. The standard InChI is InChI=1S/C15H15ClFN3O2S/c16-13(17)14(21)18-11-3-1-10(2-4-11)12-9-23-15(19-12)20-5-7-22-8-6-20/h1-4,9,13H,5-8H2,(H,18,21). The van der Waals surface area contributed by atoms with Crippen LogP contribution >= 0.6 is 22.9 Å². The van der Waals surface area contributed by atoms with Crippen molar-refractivity contribution in [3.05, 3.63) is 29.6 Å². The number of benzene rings is 1. The fourth-order valence-corrected chi connectivity index (χ4v) is 3.16. The van der Waals surface area contributed by atoms with Gasteiger partial charge in [0.2, 0.25) is 0 Å². The molecule has 1 aromatic heterocycles. The van der Waals surface area contributed by atoms with E-state index in [0.717, 1.165) is 42.7 Å². The fourth-order valence-electron chi connectivity index (χ4n) is 2.22. The number of hydrogen-bond acceptors (Lipinski definition) is 5.